The van der Waals surface area contributed by atoms with Gasteiger partial charge < -0.3 is 25.1 Å². The summed E-state index contributed by atoms with van der Waals surface area (Å²) >= 11 is 6.01. The Balaban J connectivity index is 1.33. The predicted octanol–water partition coefficient (Wildman–Crippen LogP) is 2.28. The Morgan fingerprint density at radius 2 is 1.81 bits per heavy atom. The fourth-order valence-electron chi connectivity index (χ4n) is 4.49. The van der Waals surface area contributed by atoms with Crippen LogP contribution < -0.4 is 15.1 Å². The van der Waals surface area contributed by atoms with Crippen LogP contribution in [0.15, 0.2) is 29.2 Å². The van der Waals surface area contributed by atoms with Gasteiger partial charge in [-0.05, 0) is 30.7 Å². The minimum Gasteiger partial charge on any atom is -0.465 e. The topological polar surface area (TPSA) is 102 Å². The fraction of sp³-hybridized carbons (Fsp3) is 0.476. The molecule has 1 aromatic heterocycles. The molecule has 1 amide bonds. The van der Waals surface area contributed by atoms with Crippen molar-refractivity contribution in [2.45, 2.75) is 23.8 Å². The van der Waals surface area contributed by atoms with E-state index in [9.17, 15) is 14.1 Å². The second-order valence-corrected chi connectivity index (χ2v) is 10.2. The minimum absolute atomic E-state index is 0.0442. The number of benzene rings is 1. The number of hydrogen-bond donors (Lipinski definition) is 2. The number of carbonyl (C=O) groups is 1. The molecule has 4 heterocycles. The number of aromatic nitrogens is 2. The first kappa shape index (κ1) is 21.3. The van der Waals surface area contributed by atoms with Crippen molar-refractivity contribution in [2.75, 3.05) is 60.1 Å². The number of anilines is 3. The zero-order valence-electron chi connectivity index (χ0n) is 17.5. The summed E-state index contributed by atoms with van der Waals surface area (Å²) in [5, 5.41) is 13.3. The molecule has 0 saturated carbocycles. The van der Waals surface area contributed by atoms with Crippen LogP contribution in [0.1, 0.15) is 12.1 Å². The van der Waals surface area contributed by atoms with Gasteiger partial charge in [-0.2, -0.15) is 4.98 Å². The van der Waals surface area contributed by atoms with E-state index in [1.807, 2.05) is 24.3 Å². The van der Waals surface area contributed by atoms with Crippen LogP contribution in [0.25, 0.3) is 0 Å². The van der Waals surface area contributed by atoms with Gasteiger partial charge in [0, 0.05) is 68.2 Å². The molecule has 1 unspecified atom stereocenters. The number of rotatable bonds is 4. The van der Waals surface area contributed by atoms with Crippen LogP contribution in [0.2, 0.25) is 5.02 Å². The van der Waals surface area contributed by atoms with Crippen molar-refractivity contribution >= 4 is 45.9 Å². The highest BCUT2D eigenvalue weighted by Gasteiger charge is 2.31. The molecule has 0 spiro atoms. The molecule has 0 aliphatic carbocycles. The van der Waals surface area contributed by atoms with Gasteiger partial charge in [0.25, 0.3) is 0 Å². The van der Waals surface area contributed by atoms with Gasteiger partial charge >= 0.3 is 6.09 Å². The number of nitrogens with zero attached hydrogens (tertiary/aromatic N) is 5. The number of piperazine rings is 1. The third-order valence-electron chi connectivity index (χ3n) is 6.23. The van der Waals surface area contributed by atoms with Crippen molar-refractivity contribution in [1.29, 1.82) is 0 Å². The van der Waals surface area contributed by atoms with Gasteiger partial charge in [-0.15, -0.1) is 0 Å². The number of hydrogen-bond acceptors (Lipinski definition) is 7. The molecule has 0 radical (unpaired) electrons. The fourth-order valence-corrected chi connectivity index (χ4v) is 5.92. The van der Waals surface area contributed by atoms with Crippen molar-refractivity contribution in [1.82, 2.24) is 14.9 Å². The highest BCUT2D eigenvalue weighted by atomic mass is 35.5. The quantitative estimate of drug-likeness (QED) is 0.693. The molecule has 5 rings (SSSR count). The lowest BCUT2D eigenvalue weighted by Crippen LogP contribution is -2.47. The first-order chi connectivity index (χ1) is 15.5. The molecule has 11 heteroatoms. The van der Waals surface area contributed by atoms with Gasteiger partial charge in [-0.1, -0.05) is 11.6 Å². The Labute approximate surface area is 193 Å². The molecule has 3 aliphatic heterocycles. The minimum atomic E-state index is -1.13. The van der Waals surface area contributed by atoms with Crippen LogP contribution in [0.5, 0.6) is 0 Å². The van der Waals surface area contributed by atoms with E-state index in [1.165, 1.54) is 4.90 Å². The van der Waals surface area contributed by atoms with E-state index in [-0.39, 0.29) is 6.04 Å². The van der Waals surface area contributed by atoms with E-state index < -0.39 is 16.9 Å². The number of amides is 1. The van der Waals surface area contributed by atoms with E-state index in [0.29, 0.717) is 48.3 Å². The molecule has 2 N–H and O–H groups in total. The van der Waals surface area contributed by atoms with Crippen molar-refractivity contribution in [2.24, 2.45) is 0 Å². The monoisotopic (exact) mass is 476 g/mol. The first-order valence-corrected chi connectivity index (χ1v) is 12.5. The average molecular weight is 477 g/mol. The summed E-state index contributed by atoms with van der Waals surface area (Å²) in [7, 11) is -1.13. The number of halogens is 1. The Bertz CT molecular complexity index is 1040. The second kappa shape index (κ2) is 8.74. The summed E-state index contributed by atoms with van der Waals surface area (Å²) in [5.74, 6) is 1.80. The summed E-state index contributed by atoms with van der Waals surface area (Å²) in [6, 6.07) is 7.82. The smallest absolute Gasteiger partial charge is 0.407 e. The van der Waals surface area contributed by atoms with Crippen LogP contribution >= 0.6 is 11.6 Å². The normalized spacial score (nSPS) is 22.8. The number of nitrogens with one attached hydrogen (secondary N) is 1. The van der Waals surface area contributed by atoms with Crippen LogP contribution in [-0.4, -0.2) is 81.3 Å². The Morgan fingerprint density at radius 3 is 2.50 bits per heavy atom. The maximum Gasteiger partial charge on any atom is 0.407 e. The van der Waals surface area contributed by atoms with Crippen molar-refractivity contribution < 1.29 is 14.1 Å². The van der Waals surface area contributed by atoms with Crippen molar-refractivity contribution in [3.8, 4) is 0 Å². The van der Waals surface area contributed by atoms with E-state index in [4.69, 9.17) is 21.6 Å². The lowest BCUT2D eigenvalue weighted by atomic mass is 10.2. The van der Waals surface area contributed by atoms with Gasteiger partial charge in [0.05, 0.1) is 16.5 Å². The maximum atomic E-state index is 12.6. The maximum absolute atomic E-state index is 12.6. The summed E-state index contributed by atoms with van der Waals surface area (Å²) in [4.78, 5) is 27.3. The van der Waals surface area contributed by atoms with Gasteiger partial charge in [0.15, 0.2) is 0 Å². The van der Waals surface area contributed by atoms with Crippen LogP contribution in [0, 0.1) is 0 Å². The summed E-state index contributed by atoms with van der Waals surface area (Å²) < 4.78 is 12.6. The van der Waals surface area contributed by atoms with E-state index >= 15 is 0 Å². The van der Waals surface area contributed by atoms with Gasteiger partial charge in [0.2, 0.25) is 5.95 Å². The molecule has 0 bridgehead atoms. The molecule has 1 aromatic carbocycles. The number of carboxylic acid groups (broad SMARTS) is 1. The zero-order valence-corrected chi connectivity index (χ0v) is 19.1. The Kier molecular flexibility index (Phi) is 5.81. The molecule has 2 aromatic rings. The molecule has 2 fully saturated rings. The number of aryl methyl sites for hydroxylation is 1. The molecule has 3 aliphatic rings. The summed E-state index contributed by atoms with van der Waals surface area (Å²) in [6.07, 6.45) is 0.459. The van der Waals surface area contributed by atoms with Crippen LogP contribution in [0.3, 0.4) is 0 Å². The SMILES string of the molecule is O=C(O)N1CC[C@@H](Nc2nc(N3CCN(c4ccc(Cl)cc4)CC3)nc3c2S(=O)CC3)C1. The third-order valence-corrected chi connectivity index (χ3v) is 7.94. The Hall–Kier alpha value is -2.59. The molecular formula is C21H25ClN6O3S. The van der Waals surface area contributed by atoms with Crippen molar-refractivity contribution in [3.05, 3.63) is 35.0 Å². The molecule has 2 saturated heterocycles. The van der Waals surface area contributed by atoms with E-state index in [2.05, 4.69) is 15.1 Å². The predicted molar refractivity (Wildman–Crippen MR) is 125 cm³/mol. The van der Waals surface area contributed by atoms with E-state index in [0.717, 1.165) is 42.6 Å². The summed E-state index contributed by atoms with van der Waals surface area (Å²) in [6.45, 7) is 4.12. The zero-order chi connectivity index (χ0) is 22.2. The highest BCUT2D eigenvalue weighted by Crippen LogP contribution is 2.31. The molecule has 32 heavy (non-hydrogen) atoms. The molecule has 170 valence electrons. The number of likely N-dealkylation sites (tertiary alicyclic amines) is 1. The Morgan fingerprint density at radius 1 is 1.09 bits per heavy atom. The largest absolute Gasteiger partial charge is 0.465 e. The molecule has 9 nitrogen and oxygen atoms in total. The third kappa shape index (κ3) is 4.21. The van der Waals surface area contributed by atoms with Gasteiger partial charge in [0.1, 0.15) is 10.7 Å². The van der Waals surface area contributed by atoms with Crippen LogP contribution in [0.4, 0.5) is 22.2 Å². The van der Waals surface area contributed by atoms with Crippen LogP contribution in [-0.2, 0) is 17.2 Å². The lowest BCUT2D eigenvalue weighted by molar-refractivity contribution is 0.155. The highest BCUT2D eigenvalue weighted by molar-refractivity contribution is 7.85. The summed E-state index contributed by atoms with van der Waals surface area (Å²) in [5.41, 5.74) is 1.98. The van der Waals surface area contributed by atoms with E-state index in [1.54, 1.807) is 0 Å². The average Bonchev–Trinajstić information content (AvgIpc) is 3.41. The van der Waals surface area contributed by atoms with Crippen molar-refractivity contribution in [3.63, 3.8) is 0 Å². The standard InChI is InChI=1S/C21H25ClN6O3S/c22-14-1-3-16(4-2-14)26-8-10-27(11-9-26)20-24-17-6-12-32(31)18(17)19(25-20)23-15-5-7-28(13-15)21(29)30/h1-4,15H,5-13H2,(H,29,30)(H,23,24,25)/t15-,32?/m1/s1. The first-order valence-electron chi connectivity index (χ1n) is 10.8. The van der Waals surface area contributed by atoms with Gasteiger partial charge in [-0.25, -0.2) is 9.78 Å². The molecule has 2 atom stereocenters. The molecular weight excluding hydrogens is 452 g/mol. The van der Waals surface area contributed by atoms with Gasteiger partial charge in [-0.3, -0.25) is 4.21 Å². The second-order valence-electron chi connectivity index (χ2n) is 8.26. The number of fused-ring (bicyclic) bond motifs is 1. The lowest BCUT2D eigenvalue weighted by Gasteiger charge is -2.36.